The Hall–Kier alpha value is -2.69. The van der Waals surface area contributed by atoms with Crippen LogP contribution >= 0.6 is 11.3 Å². The van der Waals surface area contributed by atoms with E-state index in [1.807, 2.05) is 13.0 Å². The zero-order valence-corrected chi connectivity index (χ0v) is 19.3. The molecule has 0 aliphatic carbocycles. The second-order valence-electron chi connectivity index (χ2n) is 7.88. The number of piperidine rings is 1. The lowest BCUT2D eigenvalue weighted by molar-refractivity contribution is 0.102. The van der Waals surface area contributed by atoms with Gasteiger partial charge in [-0.15, -0.1) is 10.2 Å². The van der Waals surface area contributed by atoms with Crippen LogP contribution in [0.3, 0.4) is 0 Å². The van der Waals surface area contributed by atoms with Crippen molar-refractivity contribution in [2.45, 2.75) is 37.5 Å². The van der Waals surface area contributed by atoms with E-state index in [1.54, 1.807) is 25.1 Å². The highest BCUT2D eigenvalue weighted by Gasteiger charge is 2.33. The van der Waals surface area contributed by atoms with Gasteiger partial charge in [-0.25, -0.2) is 12.8 Å². The molecule has 2 heterocycles. The van der Waals surface area contributed by atoms with E-state index in [1.165, 1.54) is 22.5 Å². The van der Waals surface area contributed by atoms with Crippen LogP contribution in [-0.2, 0) is 10.0 Å². The Kier molecular flexibility index (Phi) is 6.36. The highest BCUT2D eigenvalue weighted by atomic mass is 32.2. The second kappa shape index (κ2) is 9.05. The fourth-order valence-corrected chi connectivity index (χ4v) is 6.43. The van der Waals surface area contributed by atoms with Crippen LogP contribution in [-0.4, -0.2) is 41.9 Å². The van der Waals surface area contributed by atoms with Gasteiger partial charge in [0.05, 0.1) is 4.90 Å². The van der Waals surface area contributed by atoms with E-state index in [9.17, 15) is 17.6 Å². The van der Waals surface area contributed by atoms with Crippen molar-refractivity contribution in [2.24, 2.45) is 0 Å². The number of carbonyl (C=O) groups excluding carboxylic acids is 1. The molecule has 1 aliphatic rings. The summed E-state index contributed by atoms with van der Waals surface area (Å²) in [4.78, 5) is 12.8. The maximum absolute atomic E-state index is 13.3. The van der Waals surface area contributed by atoms with Crippen molar-refractivity contribution in [1.29, 1.82) is 0 Å². The number of hydrogen-bond donors (Lipinski definition) is 1. The van der Waals surface area contributed by atoms with Gasteiger partial charge < -0.3 is 5.32 Å². The third kappa shape index (κ3) is 4.72. The molecule has 0 bridgehead atoms. The molecule has 1 atom stereocenters. The van der Waals surface area contributed by atoms with Crippen LogP contribution in [0.4, 0.5) is 10.1 Å². The number of aryl methyl sites for hydroxylation is 2. The summed E-state index contributed by atoms with van der Waals surface area (Å²) in [6, 6.07) is 10.9. The minimum Gasteiger partial charge on any atom is -0.320 e. The summed E-state index contributed by atoms with van der Waals surface area (Å²) in [5.41, 5.74) is 2.06. The Balaban J connectivity index is 1.49. The zero-order chi connectivity index (χ0) is 22.9. The van der Waals surface area contributed by atoms with E-state index in [0.717, 1.165) is 28.9 Å². The van der Waals surface area contributed by atoms with Crippen molar-refractivity contribution in [1.82, 2.24) is 14.5 Å². The monoisotopic (exact) mass is 474 g/mol. The maximum Gasteiger partial charge on any atom is 0.286 e. The van der Waals surface area contributed by atoms with E-state index in [4.69, 9.17) is 0 Å². The molecule has 10 heteroatoms. The third-order valence-electron chi connectivity index (χ3n) is 5.40. The highest BCUT2D eigenvalue weighted by Crippen LogP contribution is 2.32. The van der Waals surface area contributed by atoms with Gasteiger partial charge in [-0.2, -0.15) is 4.31 Å². The van der Waals surface area contributed by atoms with Gasteiger partial charge in [0.2, 0.25) is 15.0 Å². The third-order valence-corrected chi connectivity index (χ3v) is 8.51. The van der Waals surface area contributed by atoms with Crippen molar-refractivity contribution >= 4 is 33.0 Å². The molecule has 3 aromatic rings. The van der Waals surface area contributed by atoms with Gasteiger partial charge in [0.25, 0.3) is 5.91 Å². The van der Waals surface area contributed by atoms with Gasteiger partial charge in [-0.3, -0.25) is 4.79 Å². The van der Waals surface area contributed by atoms with Crippen molar-refractivity contribution in [3.05, 3.63) is 69.4 Å². The van der Waals surface area contributed by atoms with Gasteiger partial charge in [0.1, 0.15) is 10.8 Å². The average Bonchev–Trinajstić information content (AvgIpc) is 3.24. The number of anilines is 1. The predicted molar refractivity (Wildman–Crippen MR) is 121 cm³/mol. The van der Waals surface area contributed by atoms with Crippen LogP contribution in [0, 0.1) is 19.7 Å². The number of aromatic nitrogens is 2. The quantitative estimate of drug-likeness (QED) is 0.601. The van der Waals surface area contributed by atoms with Crippen LogP contribution in [0.15, 0.2) is 47.4 Å². The molecule has 1 unspecified atom stereocenters. The first-order valence-corrected chi connectivity index (χ1v) is 12.5. The topological polar surface area (TPSA) is 92.3 Å². The molecule has 32 heavy (non-hydrogen) atoms. The van der Waals surface area contributed by atoms with E-state index in [0.29, 0.717) is 28.6 Å². The lowest BCUT2D eigenvalue weighted by Gasteiger charge is -2.31. The van der Waals surface area contributed by atoms with Gasteiger partial charge in [-0.05, 0) is 56.5 Å². The molecule has 0 spiro atoms. The standard InChI is InChI=1S/C22H23FN4O3S2/c1-14-8-9-19(15(2)11-14)32(29,30)27-10-4-5-16(13-27)21-25-26-22(31-21)20(28)24-18-7-3-6-17(23)12-18/h3,6-9,11-12,16H,4-5,10,13H2,1-2H3,(H,24,28). The molecule has 1 amide bonds. The van der Waals surface area contributed by atoms with E-state index < -0.39 is 21.7 Å². The maximum atomic E-state index is 13.3. The summed E-state index contributed by atoms with van der Waals surface area (Å²) in [6.07, 6.45) is 1.46. The normalized spacial score (nSPS) is 17.3. The van der Waals surface area contributed by atoms with Crippen LogP contribution in [0.1, 0.15) is 44.7 Å². The smallest absolute Gasteiger partial charge is 0.286 e. The molecule has 1 aliphatic heterocycles. The predicted octanol–water partition coefficient (Wildman–Crippen LogP) is 4.11. The Morgan fingerprint density at radius 3 is 2.75 bits per heavy atom. The lowest BCUT2D eigenvalue weighted by atomic mass is 10.0. The molecule has 1 fully saturated rings. The van der Waals surface area contributed by atoms with Crippen molar-refractivity contribution < 1.29 is 17.6 Å². The molecule has 0 saturated carbocycles. The number of rotatable bonds is 5. The summed E-state index contributed by atoms with van der Waals surface area (Å²) in [7, 11) is -3.63. The second-order valence-corrected chi connectivity index (χ2v) is 10.8. The number of nitrogens with zero attached hydrogens (tertiary/aromatic N) is 3. The Morgan fingerprint density at radius 1 is 1.19 bits per heavy atom. The Labute approximate surface area is 190 Å². The summed E-state index contributed by atoms with van der Waals surface area (Å²) >= 11 is 1.14. The van der Waals surface area contributed by atoms with Crippen molar-refractivity contribution in [2.75, 3.05) is 18.4 Å². The number of hydrogen-bond acceptors (Lipinski definition) is 6. The molecule has 1 aromatic heterocycles. The Bertz CT molecular complexity index is 1260. The largest absolute Gasteiger partial charge is 0.320 e. The molecule has 168 valence electrons. The molecular weight excluding hydrogens is 451 g/mol. The first kappa shape index (κ1) is 22.5. The van der Waals surface area contributed by atoms with Crippen molar-refractivity contribution in [3.8, 4) is 0 Å². The minimum absolute atomic E-state index is 0.141. The van der Waals surface area contributed by atoms with Gasteiger partial charge in [-0.1, -0.05) is 35.1 Å². The van der Waals surface area contributed by atoms with Gasteiger partial charge in [0, 0.05) is 24.7 Å². The number of halogens is 1. The SMILES string of the molecule is Cc1ccc(S(=O)(=O)N2CCCC(c3nnc(C(=O)Nc4cccc(F)c4)s3)C2)c(C)c1. The fourth-order valence-electron chi connectivity index (χ4n) is 3.83. The summed E-state index contributed by atoms with van der Waals surface area (Å²) in [6.45, 7) is 4.46. The molecule has 1 saturated heterocycles. The first-order valence-electron chi connectivity index (χ1n) is 10.2. The van der Waals surface area contributed by atoms with Gasteiger partial charge >= 0.3 is 0 Å². The molecule has 7 nitrogen and oxygen atoms in total. The number of carbonyl (C=O) groups is 1. The van der Waals surface area contributed by atoms with Crippen LogP contribution in [0.25, 0.3) is 0 Å². The zero-order valence-electron chi connectivity index (χ0n) is 17.7. The summed E-state index contributed by atoms with van der Waals surface area (Å²) in [5.74, 6) is -1.07. The van der Waals surface area contributed by atoms with Crippen molar-refractivity contribution in [3.63, 3.8) is 0 Å². The number of benzene rings is 2. The van der Waals surface area contributed by atoms with Gasteiger partial charge in [0.15, 0.2) is 0 Å². The average molecular weight is 475 g/mol. The highest BCUT2D eigenvalue weighted by molar-refractivity contribution is 7.89. The van der Waals surface area contributed by atoms with Crippen LogP contribution < -0.4 is 5.32 Å². The minimum atomic E-state index is -3.63. The number of nitrogens with one attached hydrogen (secondary N) is 1. The fraction of sp³-hybridized carbons (Fsp3) is 0.318. The lowest BCUT2D eigenvalue weighted by Crippen LogP contribution is -2.39. The summed E-state index contributed by atoms with van der Waals surface area (Å²) < 4.78 is 41.3. The molecule has 1 N–H and O–H groups in total. The molecule has 4 rings (SSSR count). The molecular formula is C22H23FN4O3S2. The number of sulfonamides is 1. The molecule has 2 aromatic carbocycles. The van der Waals surface area contributed by atoms with E-state index in [2.05, 4.69) is 15.5 Å². The van der Waals surface area contributed by atoms with Crippen LogP contribution in [0.2, 0.25) is 0 Å². The van der Waals surface area contributed by atoms with E-state index >= 15 is 0 Å². The molecule has 0 radical (unpaired) electrons. The first-order chi connectivity index (χ1) is 15.2. The van der Waals surface area contributed by atoms with Crippen LogP contribution in [0.5, 0.6) is 0 Å². The summed E-state index contributed by atoms with van der Waals surface area (Å²) in [5, 5.41) is 11.5. The van der Waals surface area contributed by atoms with E-state index in [-0.39, 0.29) is 17.5 Å². The Morgan fingerprint density at radius 2 is 2.00 bits per heavy atom. The number of amides is 1.